The van der Waals surface area contributed by atoms with Crippen LogP contribution in [0.15, 0.2) is 30.3 Å². The maximum absolute atomic E-state index is 12.2. The van der Waals surface area contributed by atoms with E-state index in [0.717, 1.165) is 6.42 Å². The average Bonchev–Trinajstić information content (AvgIpc) is 2.37. The van der Waals surface area contributed by atoms with E-state index in [1.54, 1.807) is 0 Å². The first kappa shape index (κ1) is 16.0. The highest BCUT2D eigenvalue weighted by molar-refractivity contribution is 5.21. The van der Waals surface area contributed by atoms with E-state index in [1.807, 2.05) is 37.4 Å². The lowest BCUT2D eigenvalue weighted by atomic mass is 9.86. The fourth-order valence-electron chi connectivity index (χ4n) is 2.52. The van der Waals surface area contributed by atoms with Crippen LogP contribution in [0.5, 0.6) is 0 Å². The van der Waals surface area contributed by atoms with Gasteiger partial charge in [0.15, 0.2) is 0 Å². The van der Waals surface area contributed by atoms with E-state index in [0.29, 0.717) is 6.42 Å². The van der Waals surface area contributed by atoms with E-state index in [4.69, 9.17) is 0 Å². The van der Waals surface area contributed by atoms with Crippen molar-refractivity contribution in [2.75, 3.05) is 7.05 Å². The number of likely N-dealkylation sites (N-methyl/N-ethyl adjacent to an activating group) is 1. The summed E-state index contributed by atoms with van der Waals surface area (Å²) in [5.41, 5.74) is 1.19. The Morgan fingerprint density at radius 3 is 2.26 bits per heavy atom. The lowest BCUT2D eigenvalue weighted by molar-refractivity contribution is -0.135. The Kier molecular flexibility index (Phi) is 6.35. The van der Waals surface area contributed by atoms with Crippen LogP contribution in [0, 0.1) is 0 Å². The molecule has 0 fully saturated rings. The Morgan fingerprint density at radius 1 is 1.16 bits per heavy atom. The van der Waals surface area contributed by atoms with Crippen molar-refractivity contribution in [2.24, 2.45) is 0 Å². The third kappa shape index (κ3) is 5.64. The van der Waals surface area contributed by atoms with Crippen LogP contribution in [0.25, 0.3) is 0 Å². The van der Waals surface area contributed by atoms with Gasteiger partial charge in [0.05, 0.1) is 0 Å². The molecular formula is C15H22F3N. The van der Waals surface area contributed by atoms with Crippen molar-refractivity contribution in [3.8, 4) is 0 Å². The van der Waals surface area contributed by atoms with Gasteiger partial charge in [-0.1, -0.05) is 37.3 Å². The van der Waals surface area contributed by atoms with Crippen LogP contribution in [0.1, 0.15) is 44.1 Å². The zero-order chi connectivity index (χ0) is 14.3. The highest BCUT2D eigenvalue weighted by atomic mass is 19.4. The van der Waals surface area contributed by atoms with E-state index in [2.05, 4.69) is 12.2 Å². The molecule has 1 nitrogen and oxygen atoms in total. The number of hydrogen-bond donors (Lipinski definition) is 1. The third-order valence-corrected chi connectivity index (χ3v) is 3.50. The highest BCUT2D eigenvalue weighted by Crippen LogP contribution is 2.28. The normalized spacial score (nSPS) is 15.2. The third-order valence-electron chi connectivity index (χ3n) is 3.50. The Bertz CT molecular complexity index is 348. The molecule has 0 aliphatic rings. The van der Waals surface area contributed by atoms with E-state index in [9.17, 15) is 13.2 Å². The van der Waals surface area contributed by atoms with Gasteiger partial charge in [0, 0.05) is 12.5 Å². The summed E-state index contributed by atoms with van der Waals surface area (Å²) >= 11 is 0. The molecule has 1 rings (SSSR count). The van der Waals surface area contributed by atoms with Crippen LogP contribution in [-0.2, 0) is 0 Å². The van der Waals surface area contributed by atoms with Gasteiger partial charge < -0.3 is 5.32 Å². The smallest absolute Gasteiger partial charge is 0.316 e. The van der Waals surface area contributed by atoms with Gasteiger partial charge in [-0.25, -0.2) is 0 Å². The van der Waals surface area contributed by atoms with Crippen LogP contribution in [-0.4, -0.2) is 19.3 Å². The number of halogens is 3. The maximum Gasteiger partial charge on any atom is 0.389 e. The average molecular weight is 273 g/mol. The Balaban J connectivity index is 2.61. The first-order valence-electron chi connectivity index (χ1n) is 6.77. The molecule has 0 amide bonds. The van der Waals surface area contributed by atoms with E-state index < -0.39 is 12.6 Å². The Morgan fingerprint density at radius 2 is 1.79 bits per heavy atom. The Labute approximate surface area is 113 Å². The van der Waals surface area contributed by atoms with Gasteiger partial charge in [-0.2, -0.15) is 13.2 Å². The SMILES string of the molecule is CCC(c1ccccc1)C(CCCC(F)(F)F)NC. The molecule has 0 saturated carbocycles. The minimum Gasteiger partial charge on any atom is -0.316 e. The van der Waals surface area contributed by atoms with Crippen LogP contribution in [0.2, 0.25) is 0 Å². The molecule has 2 unspecified atom stereocenters. The molecule has 0 saturated heterocycles. The molecule has 0 aromatic heterocycles. The minimum atomic E-state index is -4.05. The maximum atomic E-state index is 12.2. The van der Waals surface area contributed by atoms with Gasteiger partial charge in [-0.3, -0.25) is 0 Å². The molecule has 1 aromatic carbocycles. The molecule has 0 aliphatic heterocycles. The van der Waals surface area contributed by atoms with Crippen molar-refractivity contribution in [2.45, 2.75) is 50.7 Å². The molecule has 1 aromatic rings. The van der Waals surface area contributed by atoms with Gasteiger partial charge in [-0.05, 0) is 37.8 Å². The van der Waals surface area contributed by atoms with Gasteiger partial charge in [0.2, 0.25) is 0 Å². The topological polar surface area (TPSA) is 12.0 Å². The van der Waals surface area contributed by atoms with E-state index in [-0.39, 0.29) is 18.4 Å². The van der Waals surface area contributed by atoms with Crippen LogP contribution < -0.4 is 5.32 Å². The summed E-state index contributed by atoms with van der Waals surface area (Å²) in [4.78, 5) is 0. The summed E-state index contributed by atoms with van der Waals surface area (Å²) in [6, 6.07) is 10.1. The number of nitrogens with one attached hydrogen (secondary N) is 1. The second-order valence-electron chi connectivity index (χ2n) is 4.83. The molecule has 0 heterocycles. The number of rotatable bonds is 7. The molecule has 4 heteroatoms. The molecule has 19 heavy (non-hydrogen) atoms. The van der Waals surface area contributed by atoms with Crippen molar-refractivity contribution in [3.63, 3.8) is 0 Å². The van der Waals surface area contributed by atoms with E-state index >= 15 is 0 Å². The van der Waals surface area contributed by atoms with Crippen molar-refractivity contribution in [1.82, 2.24) is 5.32 Å². The summed E-state index contributed by atoms with van der Waals surface area (Å²) in [6.45, 7) is 2.08. The standard InChI is InChI=1S/C15H22F3N/c1-3-13(12-8-5-4-6-9-12)14(19-2)10-7-11-15(16,17)18/h4-6,8-9,13-14,19H,3,7,10-11H2,1-2H3. The van der Waals surface area contributed by atoms with Crippen LogP contribution >= 0.6 is 0 Å². The van der Waals surface area contributed by atoms with Crippen molar-refractivity contribution in [3.05, 3.63) is 35.9 Å². The molecule has 0 aliphatic carbocycles. The van der Waals surface area contributed by atoms with Gasteiger partial charge in [-0.15, -0.1) is 0 Å². The summed E-state index contributed by atoms with van der Waals surface area (Å²) in [7, 11) is 1.82. The monoisotopic (exact) mass is 273 g/mol. The molecule has 1 N–H and O–H groups in total. The molecule has 108 valence electrons. The summed E-state index contributed by atoms with van der Waals surface area (Å²) < 4.78 is 36.6. The molecule has 0 bridgehead atoms. The summed E-state index contributed by atoms with van der Waals surface area (Å²) in [6.07, 6.45) is -3.10. The Hall–Kier alpha value is -1.03. The zero-order valence-electron chi connectivity index (χ0n) is 11.5. The number of benzene rings is 1. The second kappa shape index (κ2) is 7.53. The quantitative estimate of drug-likeness (QED) is 0.771. The molecule has 2 atom stereocenters. The van der Waals surface area contributed by atoms with Crippen LogP contribution in [0.3, 0.4) is 0 Å². The van der Waals surface area contributed by atoms with Crippen molar-refractivity contribution < 1.29 is 13.2 Å². The summed E-state index contributed by atoms with van der Waals surface area (Å²) in [5.74, 6) is 0.263. The first-order valence-corrected chi connectivity index (χ1v) is 6.77. The van der Waals surface area contributed by atoms with Gasteiger partial charge >= 0.3 is 6.18 Å². The first-order chi connectivity index (χ1) is 8.98. The van der Waals surface area contributed by atoms with E-state index in [1.165, 1.54) is 5.56 Å². The lowest BCUT2D eigenvalue weighted by Gasteiger charge is -2.26. The summed E-state index contributed by atoms with van der Waals surface area (Å²) in [5, 5.41) is 3.17. The zero-order valence-corrected chi connectivity index (χ0v) is 11.5. The largest absolute Gasteiger partial charge is 0.389 e. The lowest BCUT2D eigenvalue weighted by Crippen LogP contribution is -2.32. The fourth-order valence-corrected chi connectivity index (χ4v) is 2.52. The minimum absolute atomic E-state index is 0.0924. The molecule has 0 radical (unpaired) electrons. The van der Waals surface area contributed by atoms with Gasteiger partial charge in [0.1, 0.15) is 0 Å². The molecule has 0 spiro atoms. The molecular weight excluding hydrogens is 251 g/mol. The number of hydrogen-bond acceptors (Lipinski definition) is 1. The van der Waals surface area contributed by atoms with Crippen molar-refractivity contribution >= 4 is 0 Å². The second-order valence-corrected chi connectivity index (χ2v) is 4.83. The van der Waals surface area contributed by atoms with Crippen LogP contribution in [0.4, 0.5) is 13.2 Å². The van der Waals surface area contributed by atoms with Crippen molar-refractivity contribution in [1.29, 1.82) is 0 Å². The fraction of sp³-hybridized carbons (Fsp3) is 0.600. The van der Waals surface area contributed by atoms with Gasteiger partial charge in [0.25, 0.3) is 0 Å². The number of alkyl halides is 3. The predicted octanol–water partition coefficient (Wildman–Crippen LogP) is 4.50. The predicted molar refractivity (Wildman–Crippen MR) is 72.2 cm³/mol. The highest BCUT2D eigenvalue weighted by Gasteiger charge is 2.28.